The van der Waals surface area contributed by atoms with E-state index in [2.05, 4.69) is 19.5 Å². The maximum atomic E-state index is 14.9. The number of phosphoric ester groups is 1. The zero-order valence-electron chi connectivity index (χ0n) is 12.4. The van der Waals surface area contributed by atoms with Gasteiger partial charge in [-0.1, -0.05) is 0 Å². The average molecular weight is 363 g/mol. The topological polar surface area (TPSA) is 166 Å². The molecule has 0 radical (unpaired) electrons. The molecule has 1 fully saturated rings. The average Bonchev–Trinajstić information content (AvgIpc) is 2.96. The predicted molar refractivity (Wildman–Crippen MR) is 78.6 cm³/mol. The van der Waals surface area contributed by atoms with Crippen molar-refractivity contribution < 1.29 is 28.0 Å². The fourth-order valence-corrected chi connectivity index (χ4v) is 3.03. The Kier molecular flexibility index (Phi) is 3.97. The fraction of sp³-hybridized carbons (Fsp3) is 0.545. The number of nitrogens with zero attached hydrogens (tertiary/aromatic N) is 3. The van der Waals surface area contributed by atoms with Crippen LogP contribution < -0.4 is 11.3 Å². The Balaban J connectivity index is 1.92. The van der Waals surface area contributed by atoms with Crippen molar-refractivity contribution in [1.29, 1.82) is 0 Å². The summed E-state index contributed by atoms with van der Waals surface area (Å²) in [5, 5.41) is 0. The minimum atomic E-state index is -4.69. The number of aromatic amines is 1. The van der Waals surface area contributed by atoms with E-state index in [0.717, 1.165) is 0 Å². The lowest BCUT2D eigenvalue weighted by atomic mass is 10.0. The quantitative estimate of drug-likeness (QED) is 0.539. The summed E-state index contributed by atoms with van der Waals surface area (Å²) in [5.74, 6) is -0.158. The standard InChI is InChI=1S/C11H15FN5O6P/c1-11(12)2-5(3-22-24(19,20)21)23-9(11)17-4-14-6-7(17)15-10(13)16-8(6)18/h4-5,9H,2-3H2,1H3,(H2,19,20,21)(H3,13,15,16,18)/t5-,9+,11+/m0/s1. The molecule has 0 aliphatic carbocycles. The molecule has 0 bridgehead atoms. The third kappa shape index (κ3) is 3.19. The lowest BCUT2D eigenvalue weighted by Crippen LogP contribution is -2.27. The van der Waals surface area contributed by atoms with Crippen LogP contribution in [0.3, 0.4) is 0 Å². The summed E-state index contributed by atoms with van der Waals surface area (Å²) in [7, 11) is -4.69. The Hall–Kier alpha value is -1.85. The zero-order valence-corrected chi connectivity index (χ0v) is 13.3. The van der Waals surface area contributed by atoms with E-state index >= 15 is 0 Å². The number of imidazole rings is 1. The van der Waals surface area contributed by atoms with Gasteiger partial charge in [-0.2, -0.15) is 4.98 Å². The van der Waals surface area contributed by atoms with Crippen molar-refractivity contribution in [3.8, 4) is 0 Å². The van der Waals surface area contributed by atoms with Crippen LogP contribution >= 0.6 is 7.82 Å². The molecule has 3 heterocycles. The van der Waals surface area contributed by atoms with Gasteiger partial charge < -0.3 is 20.3 Å². The van der Waals surface area contributed by atoms with E-state index < -0.39 is 38.0 Å². The van der Waals surface area contributed by atoms with Crippen molar-refractivity contribution in [2.45, 2.75) is 31.3 Å². The first-order chi connectivity index (χ1) is 11.1. The molecule has 1 saturated heterocycles. The second kappa shape index (κ2) is 5.60. The summed E-state index contributed by atoms with van der Waals surface area (Å²) in [5.41, 5.74) is 3.03. The summed E-state index contributed by atoms with van der Waals surface area (Å²) in [6, 6.07) is 0. The van der Waals surface area contributed by atoms with Gasteiger partial charge in [0.1, 0.15) is 0 Å². The molecule has 13 heteroatoms. The second-order valence-electron chi connectivity index (χ2n) is 5.65. The molecule has 0 spiro atoms. The van der Waals surface area contributed by atoms with Crippen molar-refractivity contribution >= 4 is 24.9 Å². The third-order valence-electron chi connectivity index (χ3n) is 3.59. The molecular weight excluding hydrogens is 348 g/mol. The number of halogens is 1. The smallest absolute Gasteiger partial charge is 0.369 e. The Morgan fingerprint density at radius 1 is 1.67 bits per heavy atom. The van der Waals surface area contributed by atoms with Crippen molar-refractivity contribution in [2.75, 3.05) is 12.3 Å². The maximum Gasteiger partial charge on any atom is 0.469 e. The summed E-state index contributed by atoms with van der Waals surface area (Å²) < 4.78 is 36.7. The van der Waals surface area contributed by atoms with E-state index in [1.165, 1.54) is 17.8 Å². The van der Waals surface area contributed by atoms with Crippen LogP contribution in [0.25, 0.3) is 11.2 Å². The van der Waals surface area contributed by atoms with Crippen molar-refractivity contribution in [3.05, 3.63) is 16.7 Å². The van der Waals surface area contributed by atoms with Gasteiger partial charge in [-0.15, -0.1) is 0 Å². The SMILES string of the molecule is C[C@@]1(F)C[C@@H](COP(=O)(O)O)O[C@H]1n1cnc2c(=O)[nH]c(N)nc21. The highest BCUT2D eigenvalue weighted by Crippen LogP contribution is 2.44. The number of fused-ring (bicyclic) bond motifs is 1. The van der Waals surface area contributed by atoms with E-state index in [9.17, 15) is 13.8 Å². The molecule has 3 atom stereocenters. The van der Waals surface area contributed by atoms with E-state index in [1.807, 2.05) is 0 Å². The number of H-pyrrole nitrogens is 1. The first kappa shape index (κ1) is 17.0. The van der Waals surface area contributed by atoms with Crippen LogP contribution in [0.2, 0.25) is 0 Å². The maximum absolute atomic E-state index is 14.9. The fourth-order valence-electron chi connectivity index (χ4n) is 2.67. The Bertz CT molecular complexity index is 875. The minimum absolute atomic E-state index is 0.0292. The van der Waals surface area contributed by atoms with Crippen LogP contribution in [0.15, 0.2) is 11.1 Å². The minimum Gasteiger partial charge on any atom is -0.369 e. The number of alkyl halides is 1. The van der Waals surface area contributed by atoms with E-state index in [0.29, 0.717) is 0 Å². The number of nitrogens with two attached hydrogens (primary N) is 1. The van der Waals surface area contributed by atoms with Crippen LogP contribution in [0.5, 0.6) is 0 Å². The molecule has 1 aliphatic rings. The molecule has 0 unspecified atom stereocenters. The molecule has 5 N–H and O–H groups in total. The largest absolute Gasteiger partial charge is 0.469 e. The van der Waals surface area contributed by atoms with Gasteiger partial charge in [0, 0.05) is 6.42 Å². The van der Waals surface area contributed by atoms with Crippen molar-refractivity contribution in [3.63, 3.8) is 0 Å². The molecule has 3 rings (SSSR count). The number of aromatic nitrogens is 4. The number of hydrogen-bond acceptors (Lipinski definition) is 7. The second-order valence-corrected chi connectivity index (χ2v) is 6.89. The highest BCUT2D eigenvalue weighted by molar-refractivity contribution is 7.46. The lowest BCUT2D eigenvalue weighted by molar-refractivity contribution is -0.0559. The number of nitrogens with one attached hydrogen (secondary N) is 1. The molecule has 2 aromatic rings. The van der Waals surface area contributed by atoms with Crippen molar-refractivity contribution in [1.82, 2.24) is 19.5 Å². The molecule has 0 aromatic carbocycles. The van der Waals surface area contributed by atoms with Crippen LogP contribution in [-0.4, -0.2) is 47.7 Å². The summed E-state index contributed by atoms with van der Waals surface area (Å²) in [4.78, 5) is 39.3. The van der Waals surface area contributed by atoms with Gasteiger partial charge in [0.25, 0.3) is 5.56 Å². The molecule has 24 heavy (non-hydrogen) atoms. The Morgan fingerprint density at radius 2 is 2.38 bits per heavy atom. The number of nitrogen functional groups attached to an aromatic ring is 1. The van der Waals surface area contributed by atoms with E-state index in [-0.39, 0.29) is 23.5 Å². The number of rotatable bonds is 4. The normalized spacial score (nSPS) is 27.8. The Labute approximate surface area is 133 Å². The first-order valence-electron chi connectivity index (χ1n) is 6.83. The summed E-state index contributed by atoms with van der Waals surface area (Å²) in [6.45, 7) is 0.778. The highest BCUT2D eigenvalue weighted by atomic mass is 31.2. The molecule has 2 aromatic heterocycles. The molecule has 0 amide bonds. The van der Waals surface area contributed by atoms with Gasteiger partial charge in [0.15, 0.2) is 23.1 Å². The van der Waals surface area contributed by atoms with E-state index in [1.54, 1.807) is 0 Å². The van der Waals surface area contributed by atoms with Gasteiger partial charge in [-0.3, -0.25) is 18.9 Å². The molecule has 132 valence electrons. The summed E-state index contributed by atoms with van der Waals surface area (Å²) >= 11 is 0. The van der Waals surface area contributed by atoms with Gasteiger partial charge in [-0.05, 0) is 6.92 Å². The van der Waals surface area contributed by atoms with Crippen LogP contribution in [0.4, 0.5) is 10.3 Å². The van der Waals surface area contributed by atoms with Crippen LogP contribution in [0.1, 0.15) is 19.6 Å². The van der Waals surface area contributed by atoms with Gasteiger partial charge in [-0.25, -0.2) is 13.9 Å². The predicted octanol–water partition coefficient (Wildman–Crippen LogP) is -0.173. The van der Waals surface area contributed by atoms with Crippen LogP contribution in [0, 0.1) is 0 Å². The molecule has 1 aliphatic heterocycles. The number of hydrogen-bond donors (Lipinski definition) is 4. The summed E-state index contributed by atoms with van der Waals surface area (Å²) in [6.07, 6.45) is -1.08. The molecule has 11 nitrogen and oxygen atoms in total. The highest BCUT2D eigenvalue weighted by Gasteiger charge is 2.48. The lowest BCUT2D eigenvalue weighted by Gasteiger charge is -2.22. The number of anilines is 1. The molecular formula is C11H15FN5O6P. The Morgan fingerprint density at radius 3 is 3.04 bits per heavy atom. The monoisotopic (exact) mass is 363 g/mol. The third-order valence-corrected chi connectivity index (χ3v) is 4.08. The molecule has 0 saturated carbocycles. The van der Waals surface area contributed by atoms with E-state index in [4.69, 9.17) is 20.3 Å². The van der Waals surface area contributed by atoms with Gasteiger partial charge in [0.2, 0.25) is 5.95 Å². The number of phosphoric acid groups is 1. The van der Waals surface area contributed by atoms with Crippen LogP contribution in [-0.2, 0) is 13.8 Å². The number of ether oxygens (including phenoxy) is 1. The van der Waals surface area contributed by atoms with Gasteiger partial charge >= 0.3 is 7.82 Å². The first-order valence-corrected chi connectivity index (χ1v) is 8.37. The van der Waals surface area contributed by atoms with Crippen molar-refractivity contribution in [2.24, 2.45) is 0 Å². The van der Waals surface area contributed by atoms with Gasteiger partial charge in [0.05, 0.1) is 19.0 Å². The zero-order chi connectivity index (χ0) is 17.7.